The minimum Gasteiger partial charge on any atom is -0.450 e. The van der Waals surface area contributed by atoms with Crippen molar-refractivity contribution in [3.63, 3.8) is 0 Å². The van der Waals surface area contributed by atoms with Crippen LogP contribution in [0.3, 0.4) is 0 Å². The zero-order valence-electron chi connectivity index (χ0n) is 17.7. The van der Waals surface area contributed by atoms with Crippen LogP contribution in [-0.4, -0.2) is 92.3 Å². The highest BCUT2D eigenvalue weighted by atomic mass is 16.6. The Morgan fingerprint density at radius 2 is 1.85 bits per heavy atom. The predicted octanol–water partition coefficient (Wildman–Crippen LogP) is 2.09. The molecule has 156 valence electrons. The maximum absolute atomic E-state index is 11.9. The van der Waals surface area contributed by atoms with Crippen LogP contribution in [0.1, 0.15) is 40.5 Å². The van der Waals surface area contributed by atoms with E-state index < -0.39 is 0 Å². The third-order valence-corrected chi connectivity index (χ3v) is 5.17. The number of likely N-dealkylation sites (tertiary alicyclic amines) is 1. The average molecular weight is 382 g/mol. The molecule has 0 radical (unpaired) electrons. The molecular weight excluding hydrogens is 342 g/mol. The highest BCUT2D eigenvalue weighted by molar-refractivity contribution is 5.80. The first-order valence-electron chi connectivity index (χ1n) is 10.7. The molecule has 0 aromatic rings. The van der Waals surface area contributed by atoms with E-state index in [4.69, 9.17) is 9.73 Å². The number of ether oxygens (including phenoxy) is 1. The number of hydrogen-bond donors (Lipinski definition) is 1. The molecule has 1 N–H and O–H groups in total. The number of amides is 1. The van der Waals surface area contributed by atoms with Gasteiger partial charge in [0.15, 0.2) is 5.96 Å². The number of piperidine rings is 1. The lowest BCUT2D eigenvalue weighted by atomic mass is 9.97. The van der Waals surface area contributed by atoms with Crippen LogP contribution < -0.4 is 5.32 Å². The third kappa shape index (κ3) is 7.20. The SMILES string of the molecule is CCNC(=NCC1CCCN(CC(C)C)C1)N1CCN(C(=O)OCC)CC1. The largest absolute Gasteiger partial charge is 0.450 e. The minimum atomic E-state index is -0.202. The van der Waals surface area contributed by atoms with E-state index in [1.54, 1.807) is 4.90 Å². The number of carbonyl (C=O) groups excluding carboxylic acids is 1. The molecule has 1 unspecified atom stereocenters. The molecule has 2 aliphatic rings. The highest BCUT2D eigenvalue weighted by Crippen LogP contribution is 2.18. The van der Waals surface area contributed by atoms with Gasteiger partial charge in [0, 0.05) is 52.4 Å². The van der Waals surface area contributed by atoms with Gasteiger partial charge in [0.05, 0.1) is 6.61 Å². The van der Waals surface area contributed by atoms with E-state index in [1.165, 1.54) is 25.9 Å². The summed E-state index contributed by atoms with van der Waals surface area (Å²) in [5.41, 5.74) is 0. The van der Waals surface area contributed by atoms with Gasteiger partial charge >= 0.3 is 6.09 Å². The molecule has 2 aliphatic heterocycles. The van der Waals surface area contributed by atoms with E-state index >= 15 is 0 Å². The Bertz CT molecular complexity index is 475. The van der Waals surface area contributed by atoms with Gasteiger partial charge in [0.2, 0.25) is 0 Å². The van der Waals surface area contributed by atoms with Crippen molar-refractivity contribution in [1.82, 2.24) is 20.0 Å². The van der Waals surface area contributed by atoms with Gasteiger partial charge in [-0.3, -0.25) is 4.99 Å². The quantitative estimate of drug-likeness (QED) is 0.564. The van der Waals surface area contributed by atoms with Crippen molar-refractivity contribution in [1.29, 1.82) is 0 Å². The van der Waals surface area contributed by atoms with Crippen molar-refractivity contribution in [2.75, 3.05) is 65.5 Å². The predicted molar refractivity (Wildman–Crippen MR) is 110 cm³/mol. The van der Waals surface area contributed by atoms with Crippen molar-refractivity contribution in [3.8, 4) is 0 Å². The van der Waals surface area contributed by atoms with Crippen molar-refractivity contribution >= 4 is 12.1 Å². The summed E-state index contributed by atoms with van der Waals surface area (Å²) < 4.78 is 5.11. The highest BCUT2D eigenvalue weighted by Gasteiger charge is 2.25. The smallest absolute Gasteiger partial charge is 0.409 e. The van der Waals surface area contributed by atoms with Crippen LogP contribution in [0.2, 0.25) is 0 Å². The molecule has 7 heteroatoms. The van der Waals surface area contributed by atoms with Crippen molar-refractivity contribution in [2.24, 2.45) is 16.8 Å². The zero-order valence-corrected chi connectivity index (χ0v) is 17.7. The van der Waals surface area contributed by atoms with Gasteiger partial charge in [-0.15, -0.1) is 0 Å². The van der Waals surface area contributed by atoms with Gasteiger partial charge in [-0.2, -0.15) is 0 Å². The van der Waals surface area contributed by atoms with Crippen LogP contribution in [0.4, 0.5) is 4.79 Å². The Hall–Kier alpha value is -1.50. The molecule has 0 aromatic heterocycles. The summed E-state index contributed by atoms with van der Waals surface area (Å²) in [5, 5.41) is 3.43. The summed E-state index contributed by atoms with van der Waals surface area (Å²) in [5.74, 6) is 2.36. The topological polar surface area (TPSA) is 60.4 Å². The average Bonchev–Trinajstić information content (AvgIpc) is 2.65. The lowest BCUT2D eigenvalue weighted by Crippen LogP contribution is -2.54. The molecule has 7 nitrogen and oxygen atoms in total. The molecule has 0 saturated carbocycles. The van der Waals surface area contributed by atoms with E-state index in [9.17, 15) is 4.79 Å². The Morgan fingerprint density at radius 3 is 2.48 bits per heavy atom. The molecule has 0 aliphatic carbocycles. The fraction of sp³-hybridized carbons (Fsp3) is 0.900. The second-order valence-corrected chi connectivity index (χ2v) is 8.03. The van der Waals surface area contributed by atoms with Crippen LogP contribution in [0.5, 0.6) is 0 Å². The van der Waals surface area contributed by atoms with Gasteiger partial charge < -0.3 is 24.8 Å². The molecule has 1 amide bonds. The van der Waals surface area contributed by atoms with Gasteiger partial charge in [-0.1, -0.05) is 13.8 Å². The standard InChI is InChI=1S/C20H39N5O2/c1-5-21-19(24-10-12-25(13-11-24)20(26)27-6-2)22-14-18-8-7-9-23(16-18)15-17(3)4/h17-18H,5-16H2,1-4H3,(H,21,22). The Labute approximate surface area is 165 Å². The fourth-order valence-corrected chi connectivity index (χ4v) is 3.94. The van der Waals surface area contributed by atoms with Gasteiger partial charge in [0.25, 0.3) is 0 Å². The van der Waals surface area contributed by atoms with Crippen molar-refractivity contribution < 1.29 is 9.53 Å². The maximum Gasteiger partial charge on any atom is 0.409 e. The lowest BCUT2D eigenvalue weighted by Gasteiger charge is -2.36. The van der Waals surface area contributed by atoms with Crippen LogP contribution in [0.15, 0.2) is 4.99 Å². The van der Waals surface area contributed by atoms with Crippen molar-refractivity contribution in [3.05, 3.63) is 0 Å². The molecule has 0 aromatic carbocycles. The van der Waals surface area contributed by atoms with Crippen LogP contribution in [0, 0.1) is 11.8 Å². The third-order valence-electron chi connectivity index (χ3n) is 5.17. The number of rotatable bonds is 6. The molecule has 27 heavy (non-hydrogen) atoms. The molecule has 0 bridgehead atoms. The number of aliphatic imine (C=N–C) groups is 1. The number of nitrogens with zero attached hydrogens (tertiary/aromatic N) is 4. The molecule has 2 fully saturated rings. The van der Waals surface area contributed by atoms with E-state index in [-0.39, 0.29) is 6.09 Å². The number of nitrogens with one attached hydrogen (secondary N) is 1. The van der Waals surface area contributed by atoms with Gasteiger partial charge in [-0.05, 0) is 45.1 Å². The Balaban J connectivity index is 1.86. The second-order valence-electron chi connectivity index (χ2n) is 8.03. The van der Waals surface area contributed by atoms with Crippen LogP contribution in [-0.2, 0) is 4.74 Å². The Kier molecular flexibility index (Phi) is 9.18. The lowest BCUT2D eigenvalue weighted by molar-refractivity contribution is 0.0914. The summed E-state index contributed by atoms with van der Waals surface area (Å²) in [6.07, 6.45) is 2.35. The van der Waals surface area contributed by atoms with Crippen molar-refractivity contribution in [2.45, 2.75) is 40.5 Å². The molecular formula is C20H39N5O2. The number of guanidine groups is 1. The summed E-state index contributed by atoms with van der Waals surface area (Å²) in [6.45, 7) is 17.3. The van der Waals surface area contributed by atoms with E-state index in [0.29, 0.717) is 25.6 Å². The van der Waals surface area contributed by atoms with E-state index in [0.717, 1.165) is 44.6 Å². The first-order valence-corrected chi connectivity index (χ1v) is 10.7. The second kappa shape index (κ2) is 11.4. The molecule has 1 atom stereocenters. The normalized spacial score (nSPS) is 22.3. The Morgan fingerprint density at radius 1 is 1.15 bits per heavy atom. The summed E-state index contributed by atoms with van der Waals surface area (Å²) in [4.78, 5) is 23.5. The number of piperazine rings is 1. The van der Waals surface area contributed by atoms with Gasteiger partial charge in [-0.25, -0.2) is 4.79 Å². The molecule has 2 rings (SSSR count). The van der Waals surface area contributed by atoms with Crippen LogP contribution in [0.25, 0.3) is 0 Å². The fourth-order valence-electron chi connectivity index (χ4n) is 3.94. The van der Waals surface area contributed by atoms with Gasteiger partial charge in [0.1, 0.15) is 0 Å². The molecule has 0 spiro atoms. The zero-order chi connectivity index (χ0) is 19.6. The minimum absolute atomic E-state index is 0.202. The molecule has 2 heterocycles. The summed E-state index contributed by atoms with van der Waals surface area (Å²) in [6, 6.07) is 0. The molecule has 2 saturated heterocycles. The van der Waals surface area contributed by atoms with E-state index in [2.05, 4.69) is 35.9 Å². The number of carbonyl (C=O) groups is 1. The number of hydrogen-bond acceptors (Lipinski definition) is 4. The first kappa shape index (κ1) is 21.8. The monoisotopic (exact) mass is 381 g/mol. The van der Waals surface area contributed by atoms with Crippen LogP contribution >= 0.6 is 0 Å². The maximum atomic E-state index is 11.9. The summed E-state index contributed by atoms with van der Waals surface area (Å²) >= 11 is 0. The van der Waals surface area contributed by atoms with E-state index in [1.807, 2.05) is 6.92 Å². The first-order chi connectivity index (χ1) is 13.0. The summed E-state index contributed by atoms with van der Waals surface area (Å²) in [7, 11) is 0.